The Kier molecular flexibility index (Phi) is 6.53. The van der Waals surface area contributed by atoms with Gasteiger partial charge in [0.25, 0.3) is 0 Å². The summed E-state index contributed by atoms with van der Waals surface area (Å²) in [4.78, 5) is 6.27. The first-order valence-electron chi connectivity index (χ1n) is 12.7. The van der Waals surface area contributed by atoms with Gasteiger partial charge in [-0.25, -0.2) is 12.8 Å². The first-order valence-corrected chi connectivity index (χ1v) is 14.2. The van der Waals surface area contributed by atoms with E-state index in [9.17, 15) is 12.8 Å². The number of halogens is 1. The highest BCUT2D eigenvalue weighted by molar-refractivity contribution is 7.91. The highest BCUT2D eigenvalue weighted by atomic mass is 32.2. The molecule has 0 unspecified atom stereocenters. The first-order chi connectivity index (χ1) is 18.5. The minimum absolute atomic E-state index is 0.00958. The summed E-state index contributed by atoms with van der Waals surface area (Å²) in [5.74, 6) is 0.851. The van der Waals surface area contributed by atoms with Crippen LogP contribution in [0, 0.1) is 11.7 Å². The monoisotopic (exact) mass is 534 g/mol. The Morgan fingerprint density at radius 2 is 1.61 bits per heavy atom. The lowest BCUT2D eigenvalue weighted by Gasteiger charge is -2.32. The van der Waals surface area contributed by atoms with Gasteiger partial charge in [0, 0.05) is 19.2 Å². The molecule has 0 radical (unpaired) electrons. The summed E-state index contributed by atoms with van der Waals surface area (Å²) in [5, 5.41) is -0.228. The van der Waals surface area contributed by atoms with Crippen molar-refractivity contribution in [2.75, 3.05) is 31.2 Å². The molecule has 3 heterocycles. The number of nitrogens with zero attached hydrogens (tertiary/aromatic N) is 2. The quantitative estimate of drug-likeness (QED) is 0.321. The maximum Gasteiger partial charge on any atom is 0.236 e. The smallest absolute Gasteiger partial charge is 0.236 e. The molecule has 196 valence electrons. The molecule has 7 nitrogen and oxygen atoms in total. The lowest BCUT2D eigenvalue weighted by molar-refractivity contribution is 0.171. The van der Waals surface area contributed by atoms with Crippen LogP contribution >= 0.6 is 0 Å². The van der Waals surface area contributed by atoms with Gasteiger partial charge >= 0.3 is 0 Å². The van der Waals surface area contributed by atoms with Crippen molar-refractivity contribution in [3.63, 3.8) is 0 Å². The number of sulfone groups is 1. The van der Waals surface area contributed by atoms with Crippen LogP contribution < -0.4 is 14.4 Å². The van der Waals surface area contributed by atoms with Crippen molar-refractivity contribution < 1.29 is 26.7 Å². The molecule has 1 aromatic heterocycles. The van der Waals surface area contributed by atoms with E-state index in [0.717, 1.165) is 19.3 Å². The molecule has 2 aliphatic rings. The van der Waals surface area contributed by atoms with Gasteiger partial charge < -0.3 is 18.8 Å². The molecule has 1 fully saturated rings. The fraction of sp³-hybridized carbons (Fsp3) is 0.276. The maximum absolute atomic E-state index is 14.6. The highest BCUT2D eigenvalue weighted by Gasteiger charge is 2.34. The second-order valence-electron chi connectivity index (χ2n) is 9.54. The number of fused-ring (bicyclic) bond motifs is 1. The van der Waals surface area contributed by atoms with Crippen molar-refractivity contribution in [3.05, 3.63) is 84.2 Å². The van der Waals surface area contributed by atoms with Crippen molar-refractivity contribution in [1.29, 1.82) is 0 Å². The number of aromatic nitrogens is 1. The summed E-state index contributed by atoms with van der Waals surface area (Å²) in [5.41, 5.74) is 1.39. The molecule has 0 spiro atoms. The van der Waals surface area contributed by atoms with Crippen molar-refractivity contribution in [3.8, 4) is 23.0 Å². The summed E-state index contributed by atoms with van der Waals surface area (Å²) in [6.45, 7) is 1.94. The van der Waals surface area contributed by atoms with Crippen molar-refractivity contribution in [1.82, 2.24) is 4.98 Å². The number of rotatable bonds is 6. The van der Waals surface area contributed by atoms with E-state index in [4.69, 9.17) is 13.9 Å². The van der Waals surface area contributed by atoms with Gasteiger partial charge in [0.1, 0.15) is 19.0 Å². The largest absolute Gasteiger partial charge is 0.486 e. The Morgan fingerprint density at radius 3 is 2.37 bits per heavy atom. The van der Waals surface area contributed by atoms with Gasteiger partial charge in [-0.3, -0.25) is 0 Å². The standard InChI is InChI=1S/C29H27FN2O5S/c30-24-9-5-4-8-23(24)27-31-28(38(33,34)22-10-11-25-26(19-22)36-17-16-35-25)29(37-27)32-14-12-21(13-15-32)18-20-6-2-1-3-7-20/h1-11,19,21H,12-18H2. The zero-order chi connectivity index (χ0) is 26.1. The lowest BCUT2D eigenvalue weighted by Crippen LogP contribution is -2.34. The third-order valence-electron chi connectivity index (χ3n) is 7.03. The van der Waals surface area contributed by atoms with Crippen molar-refractivity contribution >= 4 is 15.7 Å². The number of benzene rings is 3. The SMILES string of the molecule is O=S(=O)(c1ccc2c(c1)OCCO2)c1nc(-c2ccccc2F)oc1N1CCC(Cc2ccccc2)CC1. The Hall–Kier alpha value is -3.85. The van der Waals surface area contributed by atoms with Crippen LogP contribution in [-0.4, -0.2) is 39.7 Å². The number of piperidine rings is 1. The lowest BCUT2D eigenvalue weighted by atomic mass is 9.90. The fourth-order valence-electron chi connectivity index (χ4n) is 5.01. The predicted octanol–water partition coefficient (Wildman–Crippen LogP) is 5.54. The Labute approximate surface area is 220 Å². The van der Waals surface area contributed by atoms with Gasteiger partial charge in [-0.15, -0.1) is 0 Å². The molecule has 0 saturated carbocycles. The molecule has 0 amide bonds. The molecular formula is C29H27FN2O5S. The van der Waals surface area contributed by atoms with Gasteiger partial charge in [-0.05, 0) is 55.0 Å². The molecule has 38 heavy (non-hydrogen) atoms. The molecule has 6 rings (SSSR count). The maximum atomic E-state index is 14.6. The van der Waals surface area contributed by atoms with Crippen LogP contribution in [0.2, 0.25) is 0 Å². The average Bonchev–Trinajstić information content (AvgIpc) is 3.40. The normalized spacial score (nSPS) is 16.0. The molecular weight excluding hydrogens is 507 g/mol. The molecule has 0 atom stereocenters. The molecule has 0 bridgehead atoms. The number of anilines is 1. The summed E-state index contributed by atoms with van der Waals surface area (Å²) >= 11 is 0. The van der Waals surface area contributed by atoms with E-state index in [-0.39, 0.29) is 27.3 Å². The van der Waals surface area contributed by atoms with E-state index in [1.165, 1.54) is 29.8 Å². The van der Waals surface area contributed by atoms with Crippen LogP contribution in [-0.2, 0) is 16.3 Å². The van der Waals surface area contributed by atoms with E-state index in [1.54, 1.807) is 18.2 Å². The Balaban J connectivity index is 1.34. The number of hydrogen-bond donors (Lipinski definition) is 0. The number of hydrogen-bond acceptors (Lipinski definition) is 7. The number of oxazole rings is 1. The summed E-state index contributed by atoms with van der Waals surface area (Å²) in [6.07, 6.45) is 2.70. The van der Waals surface area contributed by atoms with Gasteiger partial charge in [-0.2, -0.15) is 4.98 Å². The summed E-state index contributed by atoms with van der Waals surface area (Å²) < 4.78 is 59.6. The topological polar surface area (TPSA) is 81.9 Å². The van der Waals surface area contributed by atoms with E-state index < -0.39 is 15.7 Å². The minimum Gasteiger partial charge on any atom is -0.486 e. The van der Waals surface area contributed by atoms with Crippen LogP contribution in [0.1, 0.15) is 18.4 Å². The molecule has 3 aromatic carbocycles. The van der Waals surface area contributed by atoms with Gasteiger partial charge in [-0.1, -0.05) is 42.5 Å². The summed E-state index contributed by atoms with van der Waals surface area (Å²) in [7, 11) is -4.12. The minimum atomic E-state index is -4.12. The summed E-state index contributed by atoms with van der Waals surface area (Å²) in [6, 6.07) is 20.9. The zero-order valence-corrected chi connectivity index (χ0v) is 21.5. The van der Waals surface area contributed by atoms with E-state index >= 15 is 0 Å². The van der Waals surface area contributed by atoms with Crippen LogP contribution in [0.3, 0.4) is 0 Å². The third-order valence-corrected chi connectivity index (χ3v) is 8.68. The van der Waals surface area contributed by atoms with Crippen molar-refractivity contribution in [2.24, 2.45) is 5.92 Å². The van der Waals surface area contributed by atoms with Crippen LogP contribution in [0.4, 0.5) is 10.3 Å². The van der Waals surface area contributed by atoms with Gasteiger partial charge in [0.15, 0.2) is 11.5 Å². The zero-order valence-electron chi connectivity index (χ0n) is 20.7. The molecule has 9 heteroatoms. The second kappa shape index (κ2) is 10.1. The van der Waals surface area contributed by atoms with Crippen LogP contribution in [0.5, 0.6) is 11.5 Å². The van der Waals surface area contributed by atoms with Gasteiger partial charge in [0.2, 0.25) is 26.6 Å². The Morgan fingerprint density at radius 1 is 0.895 bits per heavy atom. The predicted molar refractivity (Wildman–Crippen MR) is 140 cm³/mol. The fourth-order valence-corrected chi connectivity index (χ4v) is 6.35. The second-order valence-corrected chi connectivity index (χ2v) is 11.4. The molecule has 4 aromatic rings. The highest BCUT2D eigenvalue weighted by Crippen LogP contribution is 2.39. The molecule has 0 aliphatic carbocycles. The Bertz CT molecular complexity index is 1550. The average molecular weight is 535 g/mol. The van der Waals surface area contributed by atoms with Gasteiger partial charge in [0.05, 0.1) is 10.5 Å². The van der Waals surface area contributed by atoms with Crippen LogP contribution in [0.15, 0.2) is 87.1 Å². The first kappa shape index (κ1) is 24.5. The third kappa shape index (κ3) is 4.74. The van der Waals surface area contributed by atoms with Crippen LogP contribution in [0.25, 0.3) is 11.5 Å². The van der Waals surface area contributed by atoms with E-state index in [1.807, 2.05) is 23.1 Å². The molecule has 0 N–H and O–H groups in total. The van der Waals surface area contributed by atoms with Crippen molar-refractivity contribution in [2.45, 2.75) is 29.2 Å². The molecule has 2 aliphatic heterocycles. The van der Waals surface area contributed by atoms with E-state index in [0.29, 0.717) is 43.7 Å². The molecule has 1 saturated heterocycles. The number of ether oxygens (including phenoxy) is 2. The van der Waals surface area contributed by atoms with E-state index in [2.05, 4.69) is 17.1 Å².